The third-order valence-electron chi connectivity index (χ3n) is 4.37. The van der Waals surface area contributed by atoms with Crippen molar-refractivity contribution in [3.63, 3.8) is 0 Å². The van der Waals surface area contributed by atoms with E-state index in [-0.39, 0.29) is 0 Å². The van der Waals surface area contributed by atoms with Gasteiger partial charge in [-0.05, 0) is 65.5 Å². The normalized spacial score (nSPS) is 19.7. The van der Waals surface area contributed by atoms with Crippen LogP contribution in [0, 0.1) is 5.92 Å². The molecule has 102 valence electrons. The van der Waals surface area contributed by atoms with Gasteiger partial charge in [-0.2, -0.15) is 0 Å². The van der Waals surface area contributed by atoms with Crippen LogP contribution in [0.3, 0.4) is 0 Å². The third kappa shape index (κ3) is 2.46. The van der Waals surface area contributed by atoms with Gasteiger partial charge < -0.3 is 4.74 Å². The maximum atomic E-state index is 6.36. The minimum absolute atomic E-state index is 0.572. The topological polar surface area (TPSA) is 9.23 Å². The Morgan fingerprint density at radius 2 is 1.95 bits per heavy atom. The third-order valence-corrected chi connectivity index (χ3v) is 4.59. The highest BCUT2D eigenvalue weighted by molar-refractivity contribution is 6.30. The summed E-state index contributed by atoms with van der Waals surface area (Å²) in [6.07, 6.45) is 5.72. The summed E-state index contributed by atoms with van der Waals surface area (Å²) >= 11 is 6.36. The fourth-order valence-electron chi connectivity index (χ4n) is 3.38. The summed E-state index contributed by atoms with van der Waals surface area (Å²) < 4.78 is 5.48. The van der Waals surface area contributed by atoms with Gasteiger partial charge in [-0.15, -0.1) is 0 Å². The molecule has 0 unspecified atom stereocenters. The molecule has 0 amide bonds. The molecule has 0 saturated carbocycles. The van der Waals surface area contributed by atoms with Crippen molar-refractivity contribution in [3.8, 4) is 0 Å². The summed E-state index contributed by atoms with van der Waals surface area (Å²) in [6, 6.07) is 4.34. The Bertz CT molecular complexity index is 510. The number of rotatable bonds is 2. The lowest BCUT2D eigenvalue weighted by Crippen LogP contribution is -2.15. The molecular formula is C17H21ClO. The number of hydrogen-bond donors (Lipinski definition) is 0. The van der Waals surface area contributed by atoms with Crippen LogP contribution in [0.1, 0.15) is 49.3 Å². The molecule has 1 heterocycles. The second kappa shape index (κ2) is 5.30. The van der Waals surface area contributed by atoms with E-state index < -0.39 is 0 Å². The van der Waals surface area contributed by atoms with Gasteiger partial charge in [0.25, 0.3) is 0 Å². The highest BCUT2D eigenvalue weighted by Crippen LogP contribution is 2.41. The molecule has 1 saturated heterocycles. The standard InChI is InChI=1S/C17H21ClO/c1-11(2)14-3-4-15-16(9-13(18)10-17(14)15)12-5-7-19-8-6-12/h3,9-12H,4-8H2,1-2H3. The average Bonchev–Trinajstić information content (AvgIpc) is 2.82. The van der Waals surface area contributed by atoms with Gasteiger partial charge >= 0.3 is 0 Å². The fraction of sp³-hybridized carbons (Fsp3) is 0.529. The van der Waals surface area contributed by atoms with Crippen LogP contribution in [0.5, 0.6) is 0 Å². The van der Waals surface area contributed by atoms with E-state index in [2.05, 4.69) is 32.1 Å². The predicted octanol–water partition coefficient (Wildman–Crippen LogP) is 4.83. The largest absolute Gasteiger partial charge is 0.381 e. The zero-order valence-electron chi connectivity index (χ0n) is 11.7. The van der Waals surface area contributed by atoms with Gasteiger partial charge in [-0.1, -0.05) is 31.5 Å². The molecule has 2 aliphatic rings. The molecule has 1 fully saturated rings. The van der Waals surface area contributed by atoms with Crippen molar-refractivity contribution in [1.29, 1.82) is 0 Å². The van der Waals surface area contributed by atoms with E-state index >= 15 is 0 Å². The van der Waals surface area contributed by atoms with Crippen LogP contribution in [0.2, 0.25) is 5.02 Å². The Morgan fingerprint density at radius 1 is 1.21 bits per heavy atom. The van der Waals surface area contributed by atoms with Crippen molar-refractivity contribution in [1.82, 2.24) is 0 Å². The molecule has 3 rings (SSSR count). The smallest absolute Gasteiger partial charge is 0.0471 e. The van der Waals surface area contributed by atoms with E-state index in [4.69, 9.17) is 16.3 Å². The van der Waals surface area contributed by atoms with Gasteiger partial charge in [0.05, 0.1) is 0 Å². The summed E-state index contributed by atoms with van der Waals surface area (Å²) in [5, 5.41) is 0.883. The van der Waals surface area contributed by atoms with Gasteiger partial charge in [0.15, 0.2) is 0 Å². The van der Waals surface area contributed by atoms with Gasteiger partial charge in [-0.25, -0.2) is 0 Å². The van der Waals surface area contributed by atoms with Crippen LogP contribution in [-0.2, 0) is 11.2 Å². The van der Waals surface area contributed by atoms with Crippen LogP contribution in [0.15, 0.2) is 18.2 Å². The molecule has 1 aliphatic heterocycles. The predicted molar refractivity (Wildman–Crippen MR) is 80.8 cm³/mol. The number of hydrogen-bond acceptors (Lipinski definition) is 1. The van der Waals surface area contributed by atoms with Crippen molar-refractivity contribution in [2.45, 2.75) is 39.0 Å². The first-order valence-corrected chi connectivity index (χ1v) is 7.65. The number of allylic oxidation sites excluding steroid dienone is 2. The molecule has 0 N–H and O–H groups in total. The Kier molecular flexibility index (Phi) is 3.68. The van der Waals surface area contributed by atoms with Crippen LogP contribution in [0.25, 0.3) is 5.57 Å². The van der Waals surface area contributed by atoms with Crippen LogP contribution in [0.4, 0.5) is 0 Å². The summed E-state index contributed by atoms with van der Waals surface area (Å²) in [5.74, 6) is 1.20. The highest BCUT2D eigenvalue weighted by Gasteiger charge is 2.25. The number of ether oxygens (including phenoxy) is 1. The highest BCUT2D eigenvalue weighted by atomic mass is 35.5. The van der Waals surface area contributed by atoms with Crippen molar-refractivity contribution < 1.29 is 4.74 Å². The van der Waals surface area contributed by atoms with Gasteiger partial charge in [-0.3, -0.25) is 0 Å². The molecule has 1 nitrogen and oxygen atoms in total. The van der Waals surface area contributed by atoms with Crippen molar-refractivity contribution in [3.05, 3.63) is 39.9 Å². The van der Waals surface area contributed by atoms with Crippen molar-refractivity contribution in [2.24, 2.45) is 5.92 Å². The minimum atomic E-state index is 0.572. The second-order valence-electron chi connectivity index (χ2n) is 5.93. The first-order valence-electron chi connectivity index (χ1n) is 7.27. The van der Waals surface area contributed by atoms with E-state index in [0.29, 0.717) is 11.8 Å². The molecule has 0 aromatic heterocycles. The Balaban J connectivity index is 2.01. The maximum absolute atomic E-state index is 6.36. The van der Waals surface area contributed by atoms with Gasteiger partial charge in [0, 0.05) is 18.2 Å². The van der Waals surface area contributed by atoms with Crippen LogP contribution in [-0.4, -0.2) is 13.2 Å². The van der Waals surface area contributed by atoms with E-state index in [1.807, 2.05) is 0 Å². The molecule has 0 atom stereocenters. The van der Waals surface area contributed by atoms with E-state index in [0.717, 1.165) is 37.5 Å². The number of benzene rings is 1. The molecule has 1 aromatic carbocycles. The van der Waals surface area contributed by atoms with Crippen molar-refractivity contribution in [2.75, 3.05) is 13.2 Å². The zero-order chi connectivity index (χ0) is 13.4. The lowest BCUT2D eigenvalue weighted by atomic mass is 9.85. The van der Waals surface area contributed by atoms with Crippen LogP contribution >= 0.6 is 11.6 Å². The SMILES string of the molecule is CC(C)C1=CCc2c1cc(Cl)cc2C1CCOCC1. The molecule has 1 aromatic rings. The number of halogens is 1. The molecule has 1 aliphatic carbocycles. The fourth-order valence-corrected chi connectivity index (χ4v) is 3.61. The Hall–Kier alpha value is -0.790. The van der Waals surface area contributed by atoms with E-state index in [9.17, 15) is 0 Å². The Labute approximate surface area is 120 Å². The summed E-state index contributed by atoms with van der Waals surface area (Å²) in [7, 11) is 0. The van der Waals surface area contributed by atoms with Crippen molar-refractivity contribution >= 4 is 17.2 Å². The second-order valence-corrected chi connectivity index (χ2v) is 6.36. The van der Waals surface area contributed by atoms with E-state index in [1.54, 1.807) is 0 Å². The zero-order valence-corrected chi connectivity index (χ0v) is 12.5. The number of fused-ring (bicyclic) bond motifs is 1. The average molecular weight is 277 g/mol. The van der Waals surface area contributed by atoms with Gasteiger partial charge in [0.1, 0.15) is 0 Å². The van der Waals surface area contributed by atoms with Crippen LogP contribution < -0.4 is 0 Å². The maximum Gasteiger partial charge on any atom is 0.0471 e. The quantitative estimate of drug-likeness (QED) is 0.752. The molecule has 19 heavy (non-hydrogen) atoms. The molecule has 0 spiro atoms. The first-order chi connectivity index (χ1) is 9.16. The Morgan fingerprint density at radius 3 is 2.63 bits per heavy atom. The first kappa shape index (κ1) is 13.2. The monoisotopic (exact) mass is 276 g/mol. The molecule has 2 heteroatoms. The molecule has 0 bridgehead atoms. The molecular weight excluding hydrogens is 256 g/mol. The minimum Gasteiger partial charge on any atom is -0.381 e. The summed E-state index contributed by atoms with van der Waals surface area (Å²) in [4.78, 5) is 0. The lowest BCUT2D eigenvalue weighted by molar-refractivity contribution is 0.0852. The lowest BCUT2D eigenvalue weighted by Gasteiger charge is -2.25. The van der Waals surface area contributed by atoms with Gasteiger partial charge in [0.2, 0.25) is 0 Å². The summed E-state index contributed by atoms with van der Waals surface area (Å²) in [5.41, 5.74) is 5.84. The molecule has 0 radical (unpaired) electrons. The van der Waals surface area contributed by atoms with E-state index in [1.165, 1.54) is 22.3 Å². The summed E-state index contributed by atoms with van der Waals surface area (Å²) in [6.45, 7) is 6.29.